The van der Waals surface area contributed by atoms with Crippen molar-refractivity contribution in [3.63, 3.8) is 0 Å². The van der Waals surface area contributed by atoms with E-state index in [9.17, 15) is 17.7 Å². The molecule has 0 aliphatic carbocycles. The number of benzene rings is 1. The lowest BCUT2D eigenvalue weighted by molar-refractivity contribution is -0.137. The summed E-state index contributed by atoms with van der Waals surface area (Å²) in [6.45, 7) is 8.68. The van der Waals surface area contributed by atoms with Crippen molar-refractivity contribution in [2.24, 2.45) is 0 Å². The van der Waals surface area contributed by atoms with E-state index in [0.717, 1.165) is 12.1 Å². The highest BCUT2D eigenvalue weighted by atomic mass is 31.2. The lowest BCUT2D eigenvalue weighted by Gasteiger charge is -2.25. The quantitative estimate of drug-likeness (QED) is 0.577. The maximum atomic E-state index is 12.8. The smallest absolute Gasteiger partial charge is 0.306 e. The Morgan fingerprint density at radius 3 is 2.00 bits per heavy atom. The Kier molecular flexibility index (Phi) is 6.87. The molecule has 0 spiro atoms. The average Bonchev–Trinajstić information content (AvgIpc) is 2.35. The zero-order valence-corrected chi connectivity index (χ0v) is 14.9. The van der Waals surface area contributed by atoms with Gasteiger partial charge in [0.1, 0.15) is 0 Å². The van der Waals surface area contributed by atoms with Gasteiger partial charge in [-0.2, -0.15) is 13.2 Å². The molecule has 1 atom stereocenters. The fraction of sp³-hybridized carbons (Fsp3) is 0.625. The molecule has 0 aromatic heterocycles. The highest BCUT2D eigenvalue weighted by Crippen LogP contribution is 2.53. The van der Waals surface area contributed by atoms with E-state index in [4.69, 9.17) is 9.05 Å². The van der Waals surface area contributed by atoms with Crippen molar-refractivity contribution >= 4 is 7.60 Å². The first kappa shape index (κ1) is 20.2. The molecular weight excluding hydrogens is 328 g/mol. The summed E-state index contributed by atoms with van der Waals surface area (Å²) >= 11 is 0. The number of halogens is 3. The highest BCUT2D eigenvalue weighted by molar-refractivity contribution is 7.53. The minimum Gasteiger partial charge on any atom is -0.306 e. The molecule has 0 amide bonds. The van der Waals surface area contributed by atoms with Crippen LogP contribution in [0.4, 0.5) is 13.2 Å². The molecular formula is C16H24F3O3P. The second-order valence-electron chi connectivity index (χ2n) is 6.13. The third-order valence-corrected chi connectivity index (χ3v) is 5.50. The third-order valence-electron chi connectivity index (χ3n) is 3.02. The van der Waals surface area contributed by atoms with Crippen LogP contribution < -0.4 is 0 Å². The Bertz CT molecular complexity index is 542. The van der Waals surface area contributed by atoms with Gasteiger partial charge in [0.15, 0.2) is 0 Å². The van der Waals surface area contributed by atoms with E-state index in [1.807, 2.05) is 0 Å². The van der Waals surface area contributed by atoms with Crippen LogP contribution in [0.5, 0.6) is 0 Å². The molecule has 0 bridgehead atoms. The predicted molar refractivity (Wildman–Crippen MR) is 84.8 cm³/mol. The topological polar surface area (TPSA) is 35.5 Å². The van der Waals surface area contributed by atoms with Crippen molar-refractivity contribution in [1.82, 2.24) is 0 Å². The van der Waals surface area contributed by atoms with Gasteiger partial charge in [-0.3, -0.25) is 4.57 Å². The molecule has 0 N–H and O–H groups in total. The van der Waals surface area contributed by atoms with Crippen LogP contribution in [0, 0.1) is 0 Å². The SMILES string of the molecule is CC(C)OP(=O)(C[C@@H](C)c1cccc(C(F)(F)F)c1)OC(C)C. The monoisotopic (exact) mass is 352 g/mol. The molecule has 23 heavy (non-hydrogen) atoms. The van der Waals surface area contributed by atoms with Crippen LogP contribution in [-0.4, -0.2) is 18.4 Å². The Balaban J connectivity index is 2.99. The van der Waals surface area contributed by atoms with Gasteiger partial charge in [0.05, 0.1) is 23.9 Å². The van der Waals surface area contributed by atoms with Gasteiger partial charge in [-0.05, 0) is 45.2 Å². The van der Waals surface area contributed by atoms with Crippen LogP contribution in [0.2, 0.25) is 0 Å². The summed E-state index contributed by atoms with van der Waals surface area (Å²) in [4.78, 5) is 0. The van der Waals surface area contributed by atoms with E-state index < -0.39 is 19.3 Å². The summed E-state index contributed by atoms with van der Waals surface area (Å²) in [5.74, 6) is -0.388. The van der Waals surface area contributed by atoms with Crippen LogP contribution in [-0.2, 0) is 19.8 Å². The first-order chi connectivity index (χ1) is 10.4. The second kappa shape index (κ2) is 7.82. The van der Waals surface area contributed by atoms with Gasteiger partial charge in [0.25, 0.3) is 0 Å². The van der Waals surface area contributed by atoms with Crippen LogP contribution >= 0.6 is 7.60 Å². The number of hydrogen-bond acceptors (Lipinski definition) is 3. The molecule has 1 rings (SSSR count). The van der Waals surface area contributed by atoms with Crippen molar-refractivity contribution in [2.75, 3.05) is 6.16 Å². The molecule has 0 heterocycles. The maximum Gasteiger partial charge on any atom is 0.416 e. The highest BCUT2D eigenvalue weighted by Gasteiger charge is 2.33. The van der Waals surface area contributed by atoms with Crippen LogP contribution in [0.1, 0.15) is 51.7 Å². The van der Waals surface area contributed by atoms with Gasteiger partial charge in [0, 0.05) is 0 Å². The summed E-state index contributed by atoms with van der Waals surface area (Å²) in [6.07, 6.45) is -4.96. The van der Waals surface area contributed by atoms with E-state index in [1.165, 1.54) is 6.07 Å². The summed E-state index contributed by atoms with van der Waals surface area (Å²) in [5, 5.41) is 0. The number of alkyl halides is 3. The Morgan fingerprint density at radius 1 is 1.04 bits per heavy atom. The fourth-order valence-electron chi connectivity index (χ4n) is 2.22. The standard InChI is InChI=1S/C16H24F3O3P/c1-11(2)21-23(20,22-12(3)4)10-13(5)14-7-6-8-15(9-14)16(17,18)19/h6-9,11-13H,10H2,1-5H3/t13-/m1/s1. The van der Waals surface area contributed by atoms with Crippen molar-refractivity contribution in [2.45, 2.75) is 58.9 Å². The number of hydrogen-bond donors (Lipinski definition) is 0. The lowest BCUT2D eigenvalue weighted by Crippen LogP contribution is -2.14. The first-order valence-corrected chi connectivity index (χ1v) is 9.29. The molecule has 0 radical (unpaired) electrons. The molecule has 3 nitrogen and oxygen atoms in total. The van der Waals surface area contributed by atoms with E-state index in [2.05, 4.69) is 0 Å². The van der Waals surface area contributed by atoms with Crippen LogP contribution in [0.15, 0.2) is 24.3 Å². The van der Waals surface area contributed by atoms with Gasteiger partial charge in [-0.15, -0.1) is 0 Å². The zero-order chi connectivity index (χ0) is 17.8. The van der Waals surface area contributed by atoms with Gasteiger partial charge in [0.2, 0.25) is 0 Å². The van der Waals surface area contributed by atoms with Gasteiger partial charge >= 0.3 is 13.8 Å². The molecule has 132 valence electrons. The van der Waals surface area contributed by atoms with Crippen LogP contribution in [0.3, 0.4) is 0 Å². The van der Waals surface area contributed by atoms with Crippen molar-refractivity contribution < 1.29 is 26.8 Å². The first-order valence-electron chi connectivity index (χ1n) is 7.56. The third kappa shape index (κ3) is 6.66. The molecule has 0 fully saturated rings. The largest absolute Gasteiger partial charge is 0.416 e. The normalized spacial score (nSPS) is 14.5. The molecule has 0 unspecified atom stereocenters. The van der Waals surface area contributed by atoms with E-state index in [0.29, 0.717) is 5.56 Å². The Hall–Kier alpha value is -0.840. The van der Waals surface area contributed by atoms with E-state index in [1.54, 1.807) is 40.7 Å². The lowest BCUT2D eigenvalue weighted by atomic mass is 10.0. The Labute approximate surface area is 135 Å². The van der Waals surface area contributed by atoms with Gasteiger partial charge in [-0.1, -0.05) is 25.1 Å². The number of rotatable bonds is 7. The van der Waals surface area contributed by atoms with E-state index in [-0.39, 0.29) is 24.3 Å². The molecule has 0 aliphatic heterocycles. The summed E-state index contributed by atoms with van der Waals surface area (Å²) in [5.41, 5.74) is -0.258. The van der Waals surface area contributed by atoms with Crippen molar-refractivity contribution in [3.8, 4) is 0 Å². The second-order valence-corrected chi connectivity index (χ2v) is 8.13. The van der Waals surface area contributed by atoms with Crippen LogP contribution in [0.25, 0.3) is 0 Å². The van der Waals surface area contributed by atoms with Gasteiger partial charge in [-0.25, -0.2) is 0 Å². The molecule has 1 aromatic rings. The van der Waals surface area contributed by atoms with Gasteiger partial charge < -0.3 is 9.05 Å². The maximum absolute atomic E-state index is 12.8. The average molecular weight is 352 g/mol. The summed E-state index contributed by atoms with van der Waals surface area (Å²) in [6, 6.07) is 5.05. The molecule has 0 saturated heterocycles. The summed E-state index contributed by atoms with van der Waals surface area (Å²) < 4.78 is 62.2. The molecule has 1 aromatic carbocycles. The minimum atomic E-state index is -4.40. The van der Waals surface area contributed by atoms with Crippen molar-refractivity contribution in [3.05, 3.63) is 35.4 Å². The summed E-state index contributed by atoms with van der Waals surface area (Å²) in [7, 11) is -3.39. The molecule has 7 heteroatoms. The molecule has 0 saturated carbocycles. The zero-order valence-electron chi connectivity index (χ0n) is 14.1. The molecule has 0 aliphatic rings. The van der Waals surface area contributed by atoms with Crippen molar-refractivity contribution in [1.29, 1.82) is 0 Å². The Morgan fingerprint density at radius 2 is 1.57 bits per heavy atom. The fourth-order valence-corrected chi connectivity index (χ4v) is 4.60. The predicted octanol–water partition coefficient (Wildman–Crippen LogP) is 5.85. The minimum absolute atomic E-state index is 0.0324. The van der Waals surface area contributed by atoms with E-state index >= 15 is 0 Å².